The fourth-order valence-corrected chi connectivity index (χ4v) is 3.64. The quantitative estimate of drug-likeness (QED) is 0.230. The summed E-state index contributed by atoms with van der Waals surface area (Å²) in [5.41, 5.74) is 1.47. The first kappa shape index (κ1) is 25.4. The van der Waals surface area contributed by atoms with E-state index in [9.17, 15) is 18.0 Å². The molecule has 0 saturated carbocycles. The lowest BCUT2D eigenvalue weighted by molar-refractivity contribution is -0.137. The Kier molecular flexibility index (Phi) is 7.17. The zero-order valence-electron chi connectivity index (χ0n) is 20.2. The van der Waals surface area contributed by atoms with E-state index in [1.54, 1.807) is 48.8 Å². The third-order valence-electron chi connectivity index (χ3n) is 5.51. The van der Waals surface area contributed by atoms with Crippen LogP contribution in [-0.4, -0.2) is 20.9 Å². The van der Waals surface area contributed by atoms with E-state index >= 15 is 0 Å². The van der Waals surface area contributed by atoms with E-state index < -0.39 is 17.6 Å². The van der Waals surface area contributed by atoms with Gasteiger partial charge in [0.25, 0.3) is 5.91 Å². The summed E-state index contributed by atoms with van der Waals surface area (Å²) in [7, 11) is 0. The van der Waals surface area contributed by atoms with E-state index in [4.69, 9.17) is 4.74 Å². The smallest absolute Gasteiger partial charge is 0.416 e. The highest BCUT2D eigenvalue weighted by molar-refractivity contribution is 6.04. The average molecular weight is 528 g/mol. The van der Waals surface area contributed by atoms with Crippen LogP contribution in [0.15, 0.2) is 109 Å². The van der Waals surface area contributed by atoms with Crippen molar-refractivity contribution < 1.29 is 22.7 Å². The summed E-state index contributed by atoms with van der Waals surface area (Å²) in [6.45, 7) is 0. The van der Waals surface area contributed by atoms with Crippen LogP contribution in [-0.2, 0) is 6.18 Å². The van der Waals surface area contributed by atoms with Crippen LogP contribution in [0.5, 0.6) is 11.6 Å². The van der Waals surface area contributed by atoms with Crippen molar-refractivity contribution in [2.45, 2.75) is 6.18 Å². The van der Waals surface area contributed by atoms with Crippen molar-refractivity contribution >= 4 is 23.2 Å². The Hall–Kier alpha value is -5.25. The fourth-order valence-electron chi connectivity index (χ4n) is 3.64. The van der Waals surface area contributed by atoms with Crippen LogP contribution in [0.1, 0.15) is 15.9 Å². The van der Waals surface area contributed by atoms with Crippen LogP contribution in [0.25, 0.3) is 11.3 Å². The lowest BCUT2D eigenvalue weighted by Gasteiger charge is -2.12. The number of nitrogens with zero attached hydrogens (tertiary/aromatic N) is 3. The maximum Gasteiger partial charge on any atom is 0.416 e. The van der Waals surface area contributed by atoms with E-state index in [0.717, 1.165) is 17.8 Å². The predicted molar refractivity (Wildman–Crippen MR) is 141 cm³/mol. The van der Waals surface area contributed by atoms with Crippen molar-refractivity contribution in [1.82, 2.24) is 15.0 Å². The minimum atomic E-state index is -4.54. The van der Waals surface area contributed by atoms with Crippen molar-refractivity contribution in [2.75, 3.05) is 10.6 Å². The minimum absolute atomic E-state index is 0.103. The number of carbonyl (C=O) groups is 1. The molecule has 0 spiro atoms. The maximum absolute atomic E-state index is 13.0. The molecule has 5 aromatic rings. The molecule has 0 fully saturated rings. The molecule has 5 rings (SSSR count). The number of carbonyl (C=O) groups excluding carboxylic acids is 1. The number of aromatic nitrogens is 3. The second kappa shape index (κ2) is 11.0. The molecule has 2 heterocycles. The molecule has 2 aromatic heterocycles. The minimum Gasteiger partial charge on any atom is -0.438 e. The van der Waals surface area contributed by atoms with Gasteiger partial charge in [-0.05, 0) is 72.8 Å². The Balaban J connectivity index is 1.30. The number of benzene rings is 3. The number of rotatable bonds is 7. The van der Waals surface area contributed by atoms with Crippen molar-refractivity contribution in [3.8, 4) is 22.9 Å². The lowest BCUT2D eigenvalue weighted by atomic mass is 10.1. The number of pyridine rings is 1. The second-order valence-corrected chi connectivity index (χ2v) is 8.27. The van der Waals surface area contributed by atoms with E-state index in [2.05, 4.69) is 25.6 Å². The molecule has 194 valence electrons. The Bertz CT molecular complexity index is 1590. The van der Waals surface area contributed by atoms with Gasteiger partial charge in [-0.25, -0.2) is 15.0 Å². The Morgan fingerprint density at radius 2 is 1.56 bits per heavy atom. The SMILES string of the molecule is O=C(Nc1ccc(Oc2ncccc2-c2ccnc(Nc3ccccc3)n2)cc1)c1cccc(C(F)(F)F)c1. The normalized spacial score (nSPS) is 11.1. The van der Waals surface area contributed by atoms with E-state index in [1.807, 2.05) is 36.4 Å². The van der Waals surface area contributed by atoms with Gasteiger partial charge >= 0.3 is 6.18 Å². The number of para-hydroxylation sites is 1. The molecule has 0 bridgehead atoms. The Labute approximate surface area is 221 Å². The number of alkyl halides is 3. The van der Waals surface area contributed by atoms with Crippen LogP contribution in [0.2, 0.25) is 0 Å². The molecule has 3 aromatic carbocycles. The van der Waals surface area contributed by atoms with Gasteiger partial charge in [0.1, 0.15) is 5.75 Å². The number of nitrogens with one attached hydrogen (secondary N) is 2. The lowest BCUT2D eigenvalue weighted by Crippen LogP contribution is -2.13. The predicted octanol–water partition coefficient (Wildman–Crippen LogP) is 7.35. The molecule has 1 amide bonds. The van der Waals surface area contributed by atoms with Gasteiger partial charge in [0.2, 0.25) is 11.8 Å². The number of amides is 1. The molecule has 7 nitrogen and oxygen atoms in total. The van der Waals surface area contributed by atoms with Crippen LogP contribution in [0, 0.1) is 0 Å². The number of ether oxygens (including phenoxy) is 1. The molecule has 2 N–H and O–H groups in total. The summed E-state index contributed by atoms with van der Waals surface area (Å²) < 4.78 is 44.9. The monoisotopic (exact) mass is 527 g/mol. The van der Waals surface area contributed by atoms with Crippen LogP contribution < -0.4 is 15.4 Å². The molecule has 0 aliphatic heterocycles. The first-order chi connectivity index (χ1) is 18.8. The Morgan fingerprint density at radius 3 is 2.33 bits per heavy atom. The van der Waals surface area contributed by atoms with E-state index in [1.165, 1.54) is 12.1 Å². The van der Waals surface area contributed by atoms with Crippen molar-refractivity contribution in [1.29, 1.82) is 0 Å². The maximum atomic E-state index is 13.0. The zero-order valence-corrected chi connectivity index (χ0v) is 20.2. The third-order valence-corrected chi connectivity index (χ3v) is 5.51. The fraction of sp³-hybridized carbons (Fsp3) is 0.0345. The van der Waals surface area contributed by atoms with E-state index in [-0.39, 0.29) is 5.56 Å². The summed E-state index contributed by atoms with van der Waals surface area (Å²) in [5.74, 6) is 0.492. The summed E-state index contributed by atoms with van der Waals surface area (Å²) in [4.78, 5) is 25.7. The van der Waals surface area contributed by atoms with Gasteiger partial charge in [0.05, 0.1) is 16.8 Å². The van der Waals surface area contributed by atoms with Crippen molar-refractivity contribution in [3.63, 3.8) is 0 Å². The molecule has 0 unspecified atom stereocenters. The molecule has 39 heavy (non-hydrogen) atoms. The summed E-state index contributed by atoms with van der Waals surface area (Å²) in [6, 6.07) is 25.5. The molecule has 0 atom stereocenters. The molecule has 10 heteroatoms. The number of hydrogen-bond acceptors (Lipinski definition) is 6. The number of hydrogen-bond donors (Lipinski definition) is 2. The molecule has 0 radical (unpaired) electrons. The standard InChI is InChI=1S/C29H20F3N5O2/c30-29(31,32)20-7-4-6-19(18-20)26(38)35-22-11-13-23(14-12-22)39-27-24(10-5-16-33-27)25-15-17-34-28(37-25)36-21-8-2-1-3-9-21/h1-18H,(H,35,38)(H,34,36,37). The Morgan fingerprint density at radius 1 is 0.769 bits per heavy atom. The average Bonchev–Trinajstić information content (AvgIpc) is 2.95. The molecular weight excluding hydrogens is 507 g/mol. The van der Waals surface area contributed by atoms with Gasteiger partial charge in [-0.15, -0.1) is 0 Å². The molecular formula is C29H20F3N5O2. The first-order valence-electron chi connectivity index (χ1n) is 11.7. The molecule has 0 aliphatic rings. The second-order valence-electron chi connectivity index (χ2n) is 8.27. The van der Waals surface area contributed by atoms with Gasteiger partial charge in [-0.1, -0.05) is 24.3 Å². The topological polar surface area (TPSA) is 89.0 Å². The van der Waals surface area contributed by atoms with Crippen LogP contribution in [0.3, 0.4) is 0 Å². The summed E-state index contributed by atoms with van der Waals surface area (Å²) in [6.07, 6.45) is -1.32. The van der Waals surface area contributed by atoms with Gasteiger partial charge in [-0.3, -0.25) is 4.79 Å². The van der Waals surface area contributed by atoms with Gasteiger partial charge < -0.3 is 15.4 Å². The van der Waals surface area contributed by atoms with E-state index in [0.29, 0.717) is 34.5 Å². The highest BCUT2D eigenvalue weighted by atomic mass is 19.4. The van der Waals surface area contributed by atoms with Gasteiger partial charge in [-0.2, -0.15) is 13.2 Å². The summed E-state index contributed by atoms with van der Waals surface area (Å²) >= 11 is 0. The van der Waals surface area contributed by atoms with Gasteiger partial charge in [0.15, 0.2) is 0 Å². The van der Waals surface area contributed by atoms with Crippen molar-refractivity contribution in [3.05, 3.63) is 121 Å². The summed E-state index contributed by atoms with van der Waals surface area (Å²) in [5, 5.41) is 5.74. The van der Waals surface area contributed by atoms with Gasteiger partial charge in [0, 0.05) is 29.3 Å². The van der Waals surface area contributed by atoms with Crippen LogP contribution in [0.4, 0.5) is 30.5 Å². The zero-order chi connectivity index (χ0) is 27.2. The highest BCUT2D eigenvalue weighted by Gasteiger charge is 2.30. The molecule has 0 aliphatic carbocycles. The first-order valence-corrected chi connectivity index (χ1v) is 11.7. The third kappa shape index (κ3) is 6.37. The largest absolute Gasteiger partial charge is 0.438 e. The van der Waals surface area contributed by atoms with Crippen molar-refractivity contribution in [2.24, 2.45) is 0 Å². The number of anilines is 3. The van der Waals surface area contributed by atoms with Crippen LogP contribution >= 0.6 is 0 Å². The highest BCUT2D eigenvalue weighted by Crippen LogP contribution is 2.32. The molecule has 0 saturated heterocycles. The number of halogens is 3.